The minimum atomic E-state index is -1.00. The second-order valence-corrected chi connectivity index (χ2v) is 6.32. The first kappa shape index (κ1) is 21.7. The molecule has 6 nitrogen and oxygen atoms in total. The van der Waals surface area contributed by atoms with Crippen LogP contribution in [0, 0.1) is 0 Å². The summed E-state index contributed by atoms with van der Waals surface area (Å²) in [5.74, 6) is -1.85. The highest BCUT2D eigenvalue weighted by atomic mass is 16.4. The molecule has 5 N–H and O–H groups in total. The topological polar surface area (TPSA) is 113 Å². The van der Waals surface area contributed by atoms with Crippen LogP contribution in [0.2, 0.25) is 0 Å². The fourth-order valence-corrected chi connectivity index (χ4v) is 2.59. The van der Waals surface area contributed by atoms with Crippen molar-refractivity contribution in [2.24, 2.45) is 5.73 Å². The lowest BCUT2D eigenvalue weighted by molar-refractivity contribution is -0.139. The molecule has 1 unspecified atom stereocenters. The number of nitrogens with one attached hydrogen (secondary N) is 1. The van der Waals surface area contributed by atoms with E-state index in [-0.39, 0.29) is 0 Å². The number of anilines is 1. The number of para-hydroxylation sites is 1. The van der Waals surface area contributed by atoms with Crippen molar-refractivity contribution in [3.63, 3.8) is 0 Å². The van der Waals surface area contributed by atoms with Gasteiger partial charge >= 0.3 is 11.9 Å². The van der Waals surface area contributed by atoms with Gasteiger partial charge < -0.3 is 21.3 Å². The van der Waals surface area contributed by atoms with Crippen LogP contribution < -0.4 is 11.1 Å². The number of rotatable bonds is 7. The van der Waals surface area contributed by atoms with Crippen LogP contribution in [0.25, 0.3) is 0 Å². The van der Waals surface area contributed by atoms with E-state index in [1.54, 1.807) is 24.3 Å². The highest BCUT2D eigenvalue weighted by Crippen LogP contribution is 2.11. The fourth-order valence-electron chi connectivity index (χ4n) is 2.59. The van der Waals surface area contributed by atoms with Gasteiger partial charge in [0.05, 0.1) is 0 Å². The smallest absolute Gasteiger partial charge is 0.326 e. The first-order valence-corrected chi connectivity index (χ1v) is 9.09. The van der Waals surface area contributed by atoms with Crippen LogP contribution in [0.3, 0.4) is 0 Å². The first-order valence-electron chi connectivity index (χ1n) is 9.09. The third-order valence-corrected chi connectivity index (χ3v) is 4.12. The van der Waals surface area contributed by atoms with Crippen LogP contribution in [0.5, 0.6) is 0 Å². The van der Waals surface area contributed by atoms with Crippen LogP contribution >= 0.6 is 0 Å². The van der Waals surface area contributed by atoms with Crippen LogP contribution in [-0.2, 0) is 16.0 Å². The summed E-state index contributed by atoms with van der Waals surface area (Å²) in [5, 5.41) is 20.8. The third kappa shape index (κ3) is 7.48. The minimum Gasteiger partial charge on any atom is -0.480 e. The lowest BCUT2D eigenvalue weighted by Crippen LogP contribution is -2.31. The number of carbonyl (C=O) groups is 2. The molecule has 0 saturated carbocycles. The predicted octanol–water partition coefficient (Wildman–Crippen LogP) is 3.57. The van der Waals surface area contributed by atoms with Gasteiger partial charge in [0, 0.05) is 12.1 Å². The molecular weight excluding hydrogens is 368 g/mol. The third-order valence-electron chi connectivity index (χ3n) is 4.12. The fraction of sp³-hybridized carbons (Fsp3) is 0.130. The largest absolute Gasteiger partial charge is 0.480 e. The zero-order valence-electron chi connectivity index (χ0n) is 15.8. The second kappa shape index (κ2) is 11.3. The quantitative estimate of drug-likeness (QED) is 0.489. The van der Waals surface area contributed by atoms with Crippen molar-refractivity contribution < 1.29 is 19.8 Å². The number of hydrogen-bond donors (Lipinski definition) is 4. The molecule has 0 spiro atoms. The molecule has 3 rings (SSSR count). The molecule has 2 atom stereocenters. The van der Waals surface area contributed by atoms with Crippen LogP contribution in [0.15, 0.2) is 91.0 Å². The molecule has 0 saturated heterocycles. The van der Waals surface area contributed by atoms with E-state index in [9.17, 15) is 14.7 Å². The van der Waals surface area contributed by atoms with E-state index < -0.39 is 24.0 Å². The molecule has 0 aliphatic rings. The van der Waals surface area contributed by atoms with Gasteiger partial charge in [-0.2, -0.15) is 0 Å². The van der Waals surface area contributed by atoms with Crippen molar-refractivity contribution in [1.82, 2.24) is 0 Å². The van der Waals surface area contributed by atoms with Gasteiger partial charge in [0.2, 0.25) is 0 Å². The Morgan fingerprint density at radius 3 is 1.72 bits per heavy atom. The summed E-state index contributed by atoms with van der Waals surface area (Å²) >= 11 is 0. The summed E-state index contributed by atoms with van der Waals surface area (Å²) in [5.41, 5.74) is 7.79. The Morgan fingerprint density at radius 2 is 1.24 bits per heavy atom. The SMILES string of the molecule is NC(C(=O)O)c1ccccc1.O=C(O)[C@H](Cc1ccccc1)Nc1ccccc1. The Balaban J connectivity index is 0.000000234. The number of benzene rings is 3. The van der Waals surface area contributed by atoms with E-state index >= 15 is 0 Å². The molecule has 0 bridgehead atoms. The number of carboxylic acids is 2. The van der Waals surface area contributed by atoms with E-state index in [4.69, 9.17) is 10.8 Å². The molecule has 0 aromatic heterocycles. The summed E-state index contributed by atoms with van der Waals surface area (Å²) in [6.07, 6.45) is 0.463. The molecular formula is C23H24N2O4. The van der Waals surface area contributed by atoms with Gasteiger partial charge in [-0.3, -0.25) is 4.79 Å². The van der Waals surface area contributed by atoms with Gasteiger partial charge in [-0.1, -0.05) is 78.9 Å². The lowest BCUT2D eigenvalue weighted by atomic mass is 10.1. The average Bonchev–Trinajstić information content (AvgIpc) is 2.75. The van der Waals surface area contributed by atoms with E-state index in [0.717, 1.165) is 11.3 Å². The van der Waals surface area contributed by atoms with Crippen molar-refractivity contribution >= 4 is 17.6 Å². The number of carboxylic acid groups (broad SMARTS) is 2. The van der Waals surface area contributed by atoms with E-state index in [0.29, 0.717) is 12.0 Å². The van der Waals surface area contributed by atoms with Crippen molar-refractivity contribution in [1.29, 1.82) is 0 Å². The van der Waals surface area contributed by atoms with Crippen molar-refractivity contribution in [3.05, 3.63) is 102 Å². The summed E-state index contributed by atoms with van der Waals surface area (Å²) in [6.45, 7) is 0. The molecule has 0 aliphatic heterocycles. The summed E-state index contributed by atoms with van der Waals surface area (Å²) < 4.78 is 0. The van der Waals surface area contributed by atoms with E-state index in [1.807, 2.05) is 66.7 Å². The Morgan fingerprint density at radius 1 is 0.759 bits per heavy atom. The normalized spacial score (nSPS) is 12.0. The maximum absolute atomic E-state index is 11.2. The zero-order valence-corrected chi connectivity index (χ0v) is 15.8. The highest BCUT2D eigenvalue weighted by Gasteiger charge is 2.17. The summed E-state index contributed by atoms with van der Waals surface area (Å²) in [4.78, 5) is 21.6. The van der Waals surface area contributed by atoms with Gasteiger partial charge in [-0.05, 0) is 23.3 Å². The number of hydrogen-bond acceptors (Lipinski definition) is 4. The molecule has 0 heterocycles. The minimum absolute atomic E-state index is 0.463. The van der Waals surface area contributed by atoms with E-state index in [2.05, 4.69) is 5.32 Å². The molecule has 0 radical (unpaired) electrons. The van der Waals surface area contributed by atoms with Crippen LogP contribution in [0.1, 0.15) is 17.2 Å². The van der Waals surface area contributed by atoms with Gasteiger partial charge in [-0.25, -0.2) is 4.79 Å². The summed E-state index contributed by atoms with van der Waals surface area (Å²) in [6, 6.07) is 26.2. The van der Waals surface area contributed by atoms with Crippen molar-refractivity contribution in [3.8, 4) is 0 Å². The molecule has 6 heteroatoms. The Kier molecular flexibility index (Phi) is 8.41. The second-order valence-electron chi connectivity index (χ2n) is 6.32. The maximum Gasteiger partial charge on any atom is 0.326 e. The highest BCUT2D eigenvalue weighted by molar-refractivity contribution is 5.77. The lowest BCUT2D eigenvalue weighted by Gasteiger charge is -2.15. The zero-order chi connectivity index (χ0) is 21.1. The van der Waals surface area contributed by atoms with Gasteiger partial charge in [-0.15, -0.1) is 0 Å². The first-order chi connectivity index (χ1) is 14.0. The van der Waals surface area contributed by atoms with Crippen molar-refractivity contribution in [2.75, 3.05) is 5.32 Å². The molecule has 0 amide bonds. The number of aliphatic carboxylic acids is 2. The number of nitrogens with two attached hydrogens (primary N) is 1. The van der Waals surface area contributed by atoms with Gasteiger partial charge in [0.1, 0.15) is 12.1 Å². The summed E-state index contributed by atoms with van der Waals surface area (Å²) in [7, 11) is 0. The molecule has 150 valence electrons. The van der Waals surface area contributed by atoms with Gasteiger partial charge in [0.15, 0.2) is 0 Å². The van der Waals surface area contributed by atoms with Gasteiger partial charge in [0.25, 0.3) is 0 Å². The average molecular weight is 392 g/mol. The van der Waals surface area contributed by atoms with Crippen molar-refractivity contribution in [2.45, 2.75) is 18.5 Å². The predicted molar refractivity (Wildman–Crippen MR) is 113 cm³/mol. The van der Waals surface area contributed by atoms with E-state index in [1.165, 1.54) is 0 Å². The van der Waals surface area contributed by atoms with Crippen LogP contribution in [0.4, 0.5) is 5.69 Å². The molecule has 29 heavy (non-hydrogen) atoms. The Hall–Kier alpha value is -3.64. The molecule has 3 aromatic rings. The Bertz CT molecular complexity index is 845. The molecule has 3 aromatic carbocycles. The maximum atomic E-state index is 11.2. The Labute approximate surface area is 169 Å². The standard InChI is InChI=1S/C15H15NO2.C8H9NO2/c17-15(18)14(11-12-7-3-1-4-8-12)16-13-9-5-2-6-10-13;9-7(8(10)11)6-4-2-1-3-5-6/h1-10,14,16H,11H2,(H,17,18);1-5,7H,9H2,(H,10,11)/t14-;/m0./s1. The molecule has 0 aliphatic carbocycles. The monoisotopic (exact) mass is 392 g/mol. The molecule has 0 fully saturated rings. The van der Waals surface area contributed by atoms with Crippen LogP contribution in [-0.4, -0.2) is 28.2 Å².